The highest BCUT2D eigenvalue weighted by atomic mass is 32.1. The van der Waals surface area contributed by atoms with Gasteiger partial charge >= 0.3 is 0 Å². The van der Waals surface area contributed by atoms with Crippen molar-refractivity contribution in [2.24, 2.45) is 0 Å². The minimum atomic E-state index is 0.157. The monoisotopic (exact) mass is 394 g/mol. The lowest BCUT2D eigenvalue weighted by molar-refractivity contribution is 0.241. The lowest BCUT2D eigenvalue weighted by Crippen LogP contribution is -2.06. The van der Waals surface area contributed by atoms with Gasteiger partial charge in [0.15, 0.2) is 5.82 Å². The Bertz CT molecular complexity index is 976. The largest absolute Gasteiger partial charge is 0.504 e. The SMILES string of the molecule is CCc1c(/C=C/OC)cccc1-c1nsc(-c2ccc(OC(C)C)c(C)c2)n1. The van der Waals surface area contributed by atoms with Crippen LogP contribution in [0, 0.1) is 6.92 Å². The fourth-order valence-electron chi connectivity index (χ4n) is 3.12. The Morgan fingerprint density at radius 2 is 2.00 bits per heavy atom. The van der Waals surface area contributed by atoms with Gasteiger partial charge in [-0.2, -0.15) is 4.37 Å². The predicted molar refractivity (Wildman–Crippen MR) is 117 cm³/mol. The van der Waals surface area contributed by atoms with Crippen LogP contribution in [0.2, 0.25) is 0 Å². The summed E-state index contributed by atoms with van der Waals surface area (Å²) in [5.74, 6) is 1.68. The molecule has 146 valence electrons. The van der Waals surface area contributed by atoms with E-state index in [1.807, 2.05) is 38.1 Å². The van der Waals surface area contributed by atoms with Gasteiger partial charge in [-0.15, -0.1) is 0 Å². The number of nitrogens with zero attached hydrogens (tertiary/aromatic N) is 2. The third-order valence-corrected chi connectivity index (χ3v) is 5.17. The number of methoxy groups -OCH3 is 1. The molecule has 0 amide bonds. The molecule has 0 aliphatic rings. The quantitative estimate of drug-likeness (QED) is 0.451. The second kappa shape index (κ2) is 9.02. The molecule has 0 aliphatic carbocycles. The van der Waals surface area contributed by atoms with E-state index in [1.165, 1.54) is 17.1 Å². The summed E-state index contributed by atoms with van der Waals surface area (Å²) in [7, 11) is 1.65. The third kappa shape index (κ3) is 4.42. The van der Waals surface area contributed by atoms with Crippen LogP contribution in [0.5, 0.6) is 5.75 Å². The van der Waals surface area contributed by atoms with Crippen molar-refractivity contribution < 1.29 is 9.47 Å². The van der Waals surface area contributed by atoms with E-state index in [4.69, 9.17) is 14.5 Å². The fourth-order valence-corrected chi connectivity index (χ4v) is 3.80. The van der Waals surface area contributed by atoms with Gasteiger partial charge in [-0.1, -0.05) is 25.1 Å². The van der Waals surface area contributed by atoms with Crippen molar-refractivity contribution in [3.05, 3.63) is 59.4 Å². The summed E-state index contributed by atoms with van der Waals surface area (Å²) in [6.07, 6.45) is 4.73. The molecule has 0 radical (unpaired) electrons. The molecule has 2 aromatic carbocycles. The highest BCUT2D eigenvalue weighted by Crippen LogP contribution is 2.32. The first-order valence-corrected chi connectivity index (χ1v) is 10.2. The van der Waals surface area contributed by atoms with Crippen molar-refractivity contribution in [1.82, 2.24) is 9.36 Å². The summed E-state index contributed by atoms with van der Waals surface area (Å²) in [6.45, 7) is 8.27. The van der Waals surface area contributed by atoms with Crippen LogP contribution in [-0.2, 0) is 11.2 Å². The maximum Gasteiger partial charge on any atom is 0.173 e. The average molecular weight is 395 g/mol. The van der Waals surface area contributed by atoms with E-state index in [0.29, 0.717) is 0 Å². The van der Waals surface area contributed by atoms with Crippen molar-refractivity contribution in [3.8, 4) is 27.7 Å². The van der Waals surface area contributed by atoms with E-state index in [-0.39, 0.29) is 6.10 Å². The maximum atomic E-state index is 5.84. The van der Waals surface area contributed by atoms with E-state index in [9.17, 15) is 0 Å². The zero-order chi connectivity index (χ0) is 20.1. The Kier molecular flexibility index (Phi) is 6.47. The molecule has 4 nitrogen and oxygen atoms in total. The Balaban J connectivity index is 1.95. The minimum Gasteiger partial charge on any atom is -0.504 e. The van der Waals surface area contributed by atoms with Crippen molar-refractivity contribution in [1.29, 1.82) is 0 Å². The zero-order valence-electron chi connectivity index (χ0n) is 17.0. The van der Waals surface area contributed by atoms with Crippen LogP contribution < -0.4 is 4.74 Å². The first-order chi connectivity index (χ1) is 13.5. The fraction of sp³-hybridized carbons (Fsp3) is 0.304. The van der Waals surface area contributed by atoms with Crippen LogP contribution in [0.25, 0.3) is 28.0 Å². The molecule has 0 fully saturated rings. The highest BCUT2D eigenvalue weighted by molar-refractivity contribution is 7.09. The molecule has 1 aromatic heterocycles. The highest BCUT2D eigenvalue weighted by Gasteiger charge is 2.14. The zero-order valence-corrected chi connectivity index (χ0v) is 17.8. The molecule has 0 atom stereocenters. The molecule has 3 aromatic rings. The van der Waals surface area contributed by atoms with Gasteiger partial charge < -0.3 is 9.47 Å². The first-order valence-electron chi connectivity index (χ1n) is 9.46. The predicted octanol–water partition coefficient (Wildman–Crippen LogP) is 6.15. The topological polar surface area (TPSA) is 44.2 Å². The van der Waals surface area contributed by atoms with Crippen molar-refractivity contribution in [2.45, 2.75) is 40.2 Å². The number of ether oxygens (including phenoxy) is 2. The molecule has 0 N–H and O–H groups in total. The third-order valence-electron chi connectivity index (χ3n) is 4.40. The van der Waals surface area contributed by atoms with Gasteiger partial charge in [-0.3, -0.25) is 0 Å². The summed E-state index contributed by atoms with van der Waals surface area (Å²) in [5, 5.41) is 0.911. The van der Waals surface area contributed by atoms with E-state index in [1.54, 1.807) is 13.4 Å². The number of aromatic nitrogens is 2. The van der Waals surface area contributed by atoms with Gasteiger partial charge in [0, 0.05) is 11.1 Å². The van der Waals surface area contributed by atoms with E-state index in [2.05, 4.69) is 36.4 Å². The average Bonchev–Trinajstić information content (AvgIpc) is 3.17. The van der Waals surface area contributed by atoms with E-state index < -0.39 is 0 Å². The molecule has 0 aliphatic heterocycles. The van der Waals surface area contributed by atoms with Gasteiger partial charge in [0.25, 0.3) is 0 Å². The number of aryl methyl sites for hydroxylation is 1. The Morgan fingerprint density at radius 3 is 2.68 bits per heavy atom. The lowest BCUT2D eigenvalue weighted by atomic mass is 9.98. The molecule has 0 saturated carbocycles. The summed E-state index contributed by atoms with van der Waals surface area (Å²) in [6, 6.07) is 12.4. The van der Waals surface area contributed by atoms with Crippen molar-refractivity contribution >= 4 is 17.6 Å². The smallest absolute Gasteiger partial charge is 0.173 e. The molecule has 28 heavy (non-hydrogen) atoms. The molecular formula is C23H26N2O2S. The molecule has 5 heteroatoms. The number of hydrogen-bond acceptors (Lipinski definition) is 5. The van der Waals surface area contributed by atoms with Crippen LogP contribution >= 0.6 is 11.5 Å². The summed E-state index contributed by atoms with van der Waals surface area (Å²) >= 11 is 1.42. The van der Waals surface area contributed by atoms with Gasteiger partial charge in [-0.25, -0.2) is 4.98 Å². The molecule has 0 bridgehead atoms. The van der Waals surface area contributed by atoms with Crippen LogP contribution in [0.1, 0.15) is 37.5 Å². The second-order valence-corrected chi connectivity index (χ2v) is 7.59. The van der Waals surface area contributed by atoms with Crippen LogP contribution in [0.15, 0.2) is 42.7 Å². The van der Waals surface area contributed by atoms with E-state index >= 15 is 0 Å². The van der Waals surface area contributed by atoms with Crippen molar-refractivity contribution in [3.63, 3.8) is 0 Å². The molecule has 1 heterocycles. The standard InChI is InChI=1S/C23H26N2O2S/c1-6-19-17(12-13-26-5)8-7-9-20(19)22-24-23(28-25-22)18-10-11-21(16(4)14-18)27-15(2)3/h7-15H,6H2,1-5H3/b13-12+. The van der Waals surface area contributed by atoms with Gasteiger partial charge in [0.2, 0.25) is 0 Å². The molecule has 0 unspecified atom stereocenters. The lowest BCUT2D eigenvalue weighted by Gasteiger charge is -2.12. The molecular weight excluding hydrogens is 368 g/mol. The molecule has 0 saturated heterocycles. The maximum absolute atomic E-state index is 5.84. The van der Waals surface area contributed by atoms with Crippen molar-refractivity contribution in [2.75, 3.05) is 7.11 Å². The Hall–Kier alpha value is -2.66. The minimum absolute atomic E-state index is 0.157. The number of rotatable bonds is 7. The van der Waals surface area contributed by atoms with Gasteiger partial charge in [0.05, 0.1) is 19.5 Å². The first kappa shape index (κ1) is 20.1. The van der Waals surface area contributed by atoms with Crippen LogP contribution in [-0.4, -0.2) is 22.6 Å². The van der Waals surface area contributed by atoms with Gasteiger partial charge in [-0.05, 0) is 79.7 Å². The summed E-state index contributed by atoms with van der Waals surface area (Å²) < 4.78 is 15.6. The number of benzene rings is 2. The number of hydrogen-bond donors (Lipinski definition) is 0. The van der Waals surface area contributed by atoms with E-state index in [0.717, 1.165) is 45.3 Å². The molecule has 0 spiro atoms. The van der Waals surface area contributed by atoms with Gasteiger partial charge in [0.1, 0.15) is 10.8 Å². The summed E-state index contributed by atoms with van der Waals surface area (Å²) in [5.41, 5.74) is 5.58. The van der Waals surface area contributed by atoms with Crippen LogP contribution in [0.3, 0.4) is 0 Å². The Labute approximate surface area is 171 Å². The summed E-state index contributed by atoms with van der Waals surface area (Å²) in [4.78, 5) is 4.82. The second-order valence-electron chi connectivity index (χ2n) is 6.84. The Morgan fingerprint density at radius 1 is 1.18 bits per heavy atom. The normalized spacial score (nSPS) is 11.4. The molecule has 3 rings (SSSR count). The van der Waals surface area contributed by atoms with Crippen LogP contribution in [0.4, 0.5) is 0 Å².